The fraction of sp³-hybridized carbons (Fsp3) is 0.294. The van der Waals surface area contributed by atoms with Gasteiger partial charge < -0.3 is 10.1 Å². The molecule has 2 aromatic rings. The van der Waals surface area contributed by atoms with Gasteiger partial charge in [-0.05, 0) is 43.2 Å². The van der Waals surface area contributed by atoms with Crippen LogP contribution in [0.3, 0.4) is 0 Å². The molecule has 1 aromatic heterocycles. The summed E-state index contributed by atoms with van der Waals surface area (Å²) in [5, 5.41) is 3.66. The van der Waals surface area contributed by atoms with E-state index in [1.54, 1.807) is 13.3 Å². The van der Waals surface area contributed by atoms with E-state index in [0.717, 1.165) is 17.2 Å². The zero-order valence-corrected chi connectivity index (χ0v) is 13.6. The van der Waals surface area contributed by atoms with Crippen molar-refractivity contribution in [2.75, 3.05) is 13.7 Å². The molecule has 22 heavy (non-hydrogen) atoms. The second-order valence-corrected chi connectivity index (χ2v) is 6.18. The first kappa shape index (κ1) is 16.4. The molecular formula is C17H20N2O2S. The molecule has 116 valence electrons. The van der Waals surface area contributed by atoms with Crippen molar-refractivity contribution in [1.29, 1.82) is 0 Å². The number of hydrogen-bond donors (Lipinski definition) is 1. The number of methoxy groups -OCH3 is 1. The quantitative estimate of drug-likeness (QED) is 0.798. The normalized spacial score (nSPS) is 11.7. The van der Waals surface area contributed by atoms with Crippen molar-refractivity contribution in [3.63, 3.8) is 0 Å². The minimum atomic E-state index is -0.161. The molecule has 0 aliphatic rings. The standard InChI is InChI=1S/C17H20N2O2S/c1-13(22-16-5-3-4-11-18-16)17(20)19-12-10-14-6-8-15(21-2)9-7-14/h3-9,11,13H,10,12H2,1-2H3,(H,19,20). The lowest BCUT2D eigenvalue weighted by Gasteiger charge is -2.11. The van der Waals surface area contributed by atoms with Gasteiger partial charge in [-0.2, -0.15) is 0 Å². The van der Waals surface area contributed by atoms with Gasteiger partial charge in [-0.15, -0.1) is 0 Å². The van der Waals surface area contributed by atoms with Crippen LogP contribution < -0.4 is 10.1 Å². The van der Waals surface area contributed by atoms with E-state index in [0.29, 0.717) is 6.54 Å². The van der Waals surface area contributed by atoms with Crippen molar-refractivity contribution >= 4 is 17.7 Å². The van der Waals surface area contributed by atoms with Gasteiger partial charge in [0.05, 0.1) is 17.4 Å². The minimum Gasteiger partial charge on any atom is -0.497 e. The van der Waals surface area contributed by atoms with Crippen LogP contribution in [-0.2, 0) is 11.2 Å². The Bertz CT molecular complexity index is 587. The summed E-state index contributed by atoms with van der Waals surface area (Å²) < 4.78 is 5.12. The first-order valence-corrected chi connectivity index (χ1v) is 8.05. The maximum atomic E-state index is 12.1. The predicted molar refractivity (Wildman–Crippen MR) is 89.3 cm³/mol. The van der Waals surface area contributed by atoms with Crippen LogP contribution in [0, 0.1) is 0 Å². The SMILES string of the molecule is COc1ccc(CCNC(=O)C(C)Sc2ccccn2)cc1. The monoisotopic (exact) mass is 316 g/mol. The molecule has 2 rings (SSSR count). The van der Waals surface area contributed by atoms with Gasteiger partial charge >= 0.3 is 0 Å². The number of thioether (sulfide) groups is 1. The zero-order valence-electron chi connectivity index (χ0n) is 12.8. The topological polar surface area (TPSA) is 51.2 Å². The van der Waals surface area contributed by atoms with E-state index < -0.39 is 0 Å². The summed E-state index contributed by atoms with van der Waals surface area (Å²) in [6.45, 7) is 2.51. The summed E-state index contributed by atoms with van der Waals surface area (Å²) in [4.78, 5) is 16.3. The second kappa shape index (κ2) is 8.44. The third kappa shape index (κ3) is 5.07. The third-order valence-corrected chi connectivity index (χ3v) is 4.23. The molecular weight excluding hydrogens is 296 g/mol. The molecule has 5 heteroatoms. The first-order valence-electron chi connectivity index (χ1n) is 7.17. The Kier molecular flexibility index (Phi) is 6.27. The molecule has 0 fully saturated rings. The zero-order chi connectivity index (χ0) is 15.8. The Morgan fingerprint density at radius 3 is 2.68 bits per heavy atom. The van der Waals surface area contributed by atoms with Gasteiger partial charge in [0.15, 0.2) is 0 Å². The maximum Gasteiger partial charge on any atom is 0.233 e. The van der Waals surface area contributed by atoms with Crippen LogP contribution in [-0.4, -0.2) is 29.8 Å². The number of amides is 1. The molecule has 1 amide bonds. The van der Waals surface area contributed by atoms with Crippen molar-refractivity contribution in [1.82, 2.24) is 10.3 Å². The molecule has 0 saturated carbocycles. The largest absolute Gasteiger partial charge is 0.497 e. The van der Waals surface area contributed by atoms with Crippen LogP contribution in [0.4, 0.5) is 0 Å². The first-order chi connectivity index (χ1) is 10.7. The second-order valence-electron chi connectivity index (χ2n) is 4.82. The number of nitrogens with zero attached hydrogens (tertiary/aromatic N) is 1. The summed E-state index contributed by atoms with van der Waals surface area (Å²) in [6, 6.07) is 13.6. The number of rotatable bonds is 7. The van der Waals surface area contributed by atoms with Gasteiger partial charge in [-0.1, -0.05) is 30.0 Å². The van der Waals surface area contributed by atoms with Crippen LogP contribution in [0.5, 0.6) is 5.75 Å². The Morgan fingerprint density at radius 1 is 1.27 bits per heavy atom. The molecule has 0 aliphatic carbocycles. The van der Waals surface area contributed by atoms with E-state index in [9.17, 15) is 4.79 Å². The van der Waals surface area contributed by atoms with Crippen molar-refractivity contribution in [3.05, 3.63) is 54.2 Å². The highest BCUT2D eigenvalue weighted by Crippen LogP contribution is 2.20. The van der Waals surface area contributed by atoms with Crippen LogP contribution in [0.25, 0.3) is 0 Å². The number of benzene rings is 1. The van der Waals surface area contributed by atoms with Gasteiger partial charge in [0.2, 0.25) is 5.91 Å². The van der Waals surface area contributed by atoms with Gasteiger partial charge in [-0.3, -0.25) is 4.79 Å². The fourth-order valence-electron chi connectivity index (χ4n) is 1.92. The van der Waals surface area contributed by atoms with Gasteiger partial charge in [0.1, 0.15) is 5.75 Å². The third-order valence-electron chi connectivity index (χ3n) is 3.18. The lowest BCUT2D eigenvalue weighted by Crippen LogP contribution is -2.32. The molecule has 1 unspecified atom stereocenters. The molecule has 1 heterocycles. The number of ether oxygens (including phenoxy) is 1. The van der Waals surface area contributed by atoms with E-state index >= 15 is 0 Å². The van der Waals surface area contributed by atoms with Crippen molar-refractivity contribution in [2.24, 2.45) is 0 Å². The molecule has 4 nitrogen and oxygen atoms in total. The maximum absolute atomic E-state index is 12.1. The van der Waals surface area contributed by atoms with Crippen molar-refractivity contribution in [2.45, 2.75) is 23.6 Å². The highest BCUT2D eigenvalue weighted by Gasteiger charge is 2.14. The molecule has 0 saturated heterocycles. The van der Waals surface area contributed by atoms with Crippen LogP contribution >= 0.6 is 11.8 Å². The van der Waals surface area contributed by atoms with Crippen LogP contribution in [0.2, 0.25) is 0 Å². The Labute approximate surface area is 135 Å². The lowest BCUT2D eigenvalue weighted by atomic mass is 10.1. The number of pyridine rings is 1. The highest BCUT2D eigenvalue weighted by atomic mass is 32.2. The number of carbonyl (C=O) groups excluding carboxylic acids is 1. The minimum absolute atomic E-state index is 0.0316. The molecule has 0 aliphatic heterocycles. The fourth-order valence-corrected chi connectivity index (χ4v) is 2.75. The molecule has 0 radical (unpaired) electrons. The molecule has 1 N–H and O–H groups in total. The van der Waals surface area contributed by atoms with E-state index in [1.165, 1.54) is 17.3 Å². The molecule has 0 spiro atoms. The Balaban J connectivity index is 1.74. The van der Waals surface area contributed by atoms with E-state index in [-0.39, 0.29) is 11.2 Å². The Hall–Kier alpha value is -2.01. The Morgan fingerprint density at radius 2 is 2.05 bits per heavy atom. The number of aromatic nitrogens is 1. The summed E-state index contributed by atoms with van der Waals surface area (Å²) in [5.41, 5.74) is 1.17. The van der Waals surface area contributed by atoms with Crippen molar-refractivity contribution < 1.29 is 9.53 Å². The van der Waals surface area contributed by atoms with Crippen molar-refractivity contribution in [3.8, 4) is 5.75 Å². The predicted octanol–water partition coefficient (Wildman–Crippen LogP) is 2.93. The molecule has 0 bridgehead atoms. The lowest BCUT2D eigenvalue weighted by molar-refractivity contribution is -0.120. The van der Waals surface area contributed by atoms with Gasteiger partial charge in [-0.25, -0.2) is 4.98 Å². The smallest absolute Gasteiger partial charge is 0.233 e. The molecule has 1 aromatic carbocycles. The van der Waals surface area contributed by atoms with Gasteiger partial charge in [0.25, 0.3) is 0 Å². The highest BCUT2D eigenvalue weighted by molar-refractivity contribution is 8.00. The van der Waals surface area contributed by atoms with E-state index in [4.69, 9.17) is 4.74 Å². The van der Waals surface area contributed by atoms with Crippen LogP contribution in [0.15, 0.2) is 53.7 Å². The summed E-state index contributed by atoms with van der Waals surface area (Å²) in [7, 11) is 1.65. The summed E-state index contributed by atoms with van der Waals surface area (Å²) in [6.07, 6.45) is 2.54. The average Bonchev–Trinajstić information content (AvgIpc) is 2.56. The number of carbonyl (C=O) groups is 1. The number of hydrogen-bond acceptors (Lipinski definition) is 4. The summed E-state index contributed by atoms with van der Waals surface area (Å²) >= 11 is 1.46. The van der Waals surface area contributed by atoms with E-state index in [1.807, 2.05) is 49.4 Å². The molecule has 1 atom stereocenters. The average molecular weight is 316 g/mol. The summed E-state index contributed by atoms with van der Waals surface area (Å²) in [5.74, 6) is 0.873. The van der Waals surface area contributed by atoms with E-state index in [2.05, 4.69) is 10.3 Å². The van der Waals surface area contributed by atoms with Gasteiger partial charge in [0, 0.05) is 12.7 Å². The number of nitrogens with one attached hydrogen (secondary N) is 1. The van der Waals surface area contributed by atoms with Crippen LogP contribution in [0.1, 0.15) is 12.5 Å².